The van der Waals surface area contributed by atoms with Crippen LogP contribution in [-0.4, -0.2) is 67.9 Å². The Hall–Kier alpha value is -5.07. The van der Waals surface area contributed by atoms with Gasteiger partial charge in [-0.3, -0.25) is 14.6 Å². The number of carbonyl (C=O) groups is 2. The molecule has 0 bridgehead atoms. The van der Waals surface area contributed by atoms with Gasteiger partial charge in [-0.2, -0.15) is 4.39 Å². The minimum Gasteiger partial charge on any atom is -0.492 e. The van der Waals surface area contributed by atoms with E-state index in [0.717, 1.165) is 68.0 Å². The molecule has 4 aromatic rings. The molecule has 0 unspecified atom stereocenters. The van der Waals surface area contributed by atoms with Crippen LogP contribution in [0.4, 0.5) is 13.2 Å². The minimum atomic E-state index is -0.718. The van der Waals surface area contributed by atoms with Gasteiger partial charge in [-0.25, -0.2) is 23.7 Å². The number of aromatic nitrogens is 4. The van der Waals surface area contributed by atoms with Crippen LogP contribution in [0, 0.1) is 17.6 Å². The molecule has 3 aromatic heterocycles. The molecule has 0 radical (unpaired) electrons. The van der Waals surface area contributed by atoms with Crippen molar-refractivity contribution in [1.82, 2.24) is 29.7 Å². The number of ether oxygens (including phenoxy) is 2. The van der Waals surface area contributed by atoms with E-state index in [-0.39, 0.29) is 30.3 Å². The largest absolute Gasteiger partial charge is 0.492 e. The predicted molar refractivity (Wildman–Crippen MR) is 192 cm³/mol. The molecule has 2 amide bonds. The van der Waals surface area contributed by atoms with Gasteiger partial charge in [0.25, 0.3) is 11.8 Å². The molecule has 13 heteroatoms. The molecule has 0 atom stereocenters. The standard InChI is InChI=1S/C20H26FN3O3.C19H23F2N3O/c1-4-7-11-24(20(25)16-9-8-10-19(21)23-16)14-17-18(27-6-3)12-15(13-22-17)26-5-2;1-3-5-9-24(12-18-14(6-4-2)11-22-13-23-18)19(25)16-10-15(20)7-8-17(16)21/h8-10,12-13H,4-7,11,14H2,1-3H3;7-8,10-11,13H,3-6,9,12H2,1-2H3. The summed E-state index contributed by atoms with van der Waals surface area (Å²) in [5.74, 6) is -1.69. The van der Waals surface area contributed by atoms with Gasteiger partial charge < -0.3 is 19.3 Å². The van der Waals surface area contributed by atoms with Crippen LogP contribution in [-0.2, 0) is 19.5 Å². The number of hydrogen-bond acceptors (Lipinski definition) is 8. The molecular weight excluding hydrogens is 673 g/mol. The van der Waals surface area contributed by atoms with Gasteiger partial charge >= 0.3 is 0 Å². The van der Waals surface area contributed by atoms with E-state index in [1.54, 1.807) is 23.4 Å². The minimum absolute atomic E-state index is 0.0787. The quantitative estimate of drug-likeness (QED) is 0.0951. The molecule has 10 nitrogen and oxygen atoms in total. The molecular formula is C39H49F3N6O4. The van der Waals surface area contributed by atoms with Gasteiger partial charge in [0.2, 0.25) is 5.95 Å². The number of benzene rings is 1. The highest BCUT2D eigenvalue weighted by Crippen LogP contribution is 2.25. The van der Waals surface area contributed by atoms with E-state index in [2.05, 4.69) is 26.9 Å². The molecule has 0 saturated heterocycles. The topological polar surface area (TPSA) is 111 Å². The summed E-state index contributed by atoms with van der Waals surface area (Å²) in [6, 6.07) is 8.92. The van der Waals surface area contributed by atoms with Crippen LogP contribution in [0.2, 0.25) is 0 Å². The van der Waals surface area contributed by atoms with Crippen LogP contribution < -0.4 is 9.47 Å². The summed E-state index contributed by atoms with van der Waals surface area (Å²) < 4.78 is 52.0. The third-order valence-corrected chi connectivity index (χ3v) is 7.83. The van der Waals surface area contributed by atoms with E-state index >= 15 is 0 Å². The number of aryl methyl sites for hydroxylation is 1. The zero-order valence-corrected chi connectivity index (χ0v) is 30.7. The second-order valence-corrected chi connectivity index (χ2v) is 11.9. The summed E-state index contributed by atoms with van der Waals surface area (Å²) in [5.41, 5.74) is 2.18. The maximum atomic E-state index is 14.0. The van der Waals surface area contributed by atoms with Crippen LogP contribution >= 0.6 is 0 Å². The normalized spacial score (nSPS) is 10.6. The monoisotopic (exact) mass is 722 g/mol. The Kier molecular flexibility index (Phi) is 17.5. The zero-order chi connectivity index (χ0) is 37.9. The number of hydrogen-bond donors (Lipinski definition) is 0. The van der Waals surface area contributed by atoms with E-state index < -0.39 is 23.5 Å². The lowest BCUT2D eigenvalue weighted by Crippen LogP contribution is -2.33. The molecule has 280 valence electrons. The Morgan fingerprint density at radius 3 is 2.10 bits per heavy atom. The van der Waals surface area contributed by atoms with Crippen LogP contribution in [0.15, 0.2) is 61.2 Å². The predicted octanol–water partition coefficient (Wildman–Crippen LogP) is 8.01. The molecule has 52 heavy (non-hydrogen) atoms. The van der Waals surface area contributed by atoms with Gasteiger partial charge in [0.1, 0.15) is 40.8 Å². The van der Waals surface area contributed by atoms with Gasteiger partial charge in [-0.05, 0) is 69.0 Å². The Labute approximate surface area is 304 Å². The summed E-state index contributed by atoms with van der Waals surface area (Å²) in [6.07, 6.45) is 9.96. The van der Waals surface area contributed by atoms with Crippen molar-refractivity contribution in [1.29, 1.82) is 0 Å². The van der Waals surface area contributed by atoms with Gasteiger partial charge in [-0.15, -0.1) is 0 Å². The number of amides is 2. The fourth-order valence-electron chi connectivity index (χ4n) is 5.19. The first-order valence-corrected chi connectivity index (χ1v) is 17.8. The number of unbranched alkanes of at least 4 members (excludes halogenated alkanes) is 2. The Morgan fingerprint density at radius 2 is 1.44 bits per heavy atom. The molecule has 0 N–H and O–H groups in total. The molecule has 0 fully saturated rings. The van der Waals surface area contributed by atoms with Crippen LogP contribution in [0.3, 0.4) is 0 Å². The Morgan fingerprint density at radius 1 is 0.750 bits per heavy atom. The number of halogens is 3. The van der Waals surface area contributed by atoms with Crippen molar-refractivity contribution in [2.45, 2.75) is 86.2 Å². The third-order valence-electron chi connectivity index (χ3n) is 7.83. The van der Waals surface area contributed by atoms with E-state index in [1.807, 2.05) is 27.7 Å². The summed E-state index contributed by atoms with van der Waals surface area (Å²) in [4.78, 5) is 45.2. The lowest BCUT2D eigenvalue weighted by atomic mass is 10.1. The highest BCUT2D eigenvalue weighted by atomic mass is 19.1. The smallest absolute Gasteiger partial charge is 0.272 e. The number of nitrogens with zero attached hydrogens (tertiary/aromatic N) is 6. The maximum absolute atomic E-state index is 14.0. The van der Waals surface area contributed by atoms with E-state index in [1.165, 1.54) is 29.4 Å². The van der Waals surface area contributed by atoms with E-state index in [4.69, 9.17) is 9.47 Å². The molecule has 4 rings (SSSR count). The summed E-state index contributed by atoms with van der Waals surface area (Å²) in [6.45, 7) is 12.4. The van der Waals surface area contributed by atoms with E-state index in [0.29, 0.717) is 43.5 Å². The summed E-state index contributed by atoms with van der Waals surface area (Å²) in [7, 11) is 0. The number of rotatable bonds is 18. The first kappa shape index (κ1) is 41.4. The molecule has 0 aliphatic carbocycles. The maximum Gasteiger partial charge on any atom is 0.272 e. The molecule has 0 saturated carbocycles. The first-order chi connectivity index (χ1) is 25.1. The van der Waals surface area contributed by atoms with Crippen molar-refractivity contribution in [3.63, 3.8) is 0 Å². The zero-order valence-electron chi connectivity index (χ0n) is 30.7. The number of pyridine rings is 2. The molecule has 3 heterocycles. The second kappa shape index (κ2) is 22.0. The summed E-state index contributed by atoms with van der Waals surface area (Å²) in [5, 5.41) is 0. The van der Waals surface area contributed by atoms with E-state index in [9.17, 15) is 22.8 Å². The molecule has 0 spiro atoms. The van der Waals surface area contributed by atoms with Gasteiger partial charge in [0, 0.05) is 25.4 Å². The second-order valence-electron chi connectivity index (χ2n) is 11.9. The number of carbonyl (C=O) groups excluding carboxylic acids is 2. The fraction of sp³-hybridized carbons (Fsp3) is 0.436. The molecule has 0 aliphatic rings. The van der Waals surface area contributed by atoms with Gasteiger partial charge in [0.05, 0.1) is 43.8 Å². The van der Waals surface area contributed by atoms with Crippen molar-refractivity contribution >= 4 is 11.8 Å². The van der Waals surface area contributed by atoms with Crippen molar-refractivity contribution in [3.8, 4) is 11.5 Å². The lowest BCUT2D eigenvalue weighted by molar-refractivity contribution is 0.0724. The summed E-state index contributed by atoms with van der Waals surface area (Å²) >= 11 is 0. The van der Waals surface area contributed by atoms with Crippen molar-refractivity contribution in [2.24, 2.45) is 0 Å². The van der Waals surface area contributed by atoms with Gasteiger partial charge in [0.15, 0.2) is 0 Å². The molecule has 0 aliphatic heterocycles. The van der Waals surface area contributed by atoms with Crippen LogP contribution in [0.1, 0.15) is 105 Å². The Bertz CT molecular complexity index is 1730. The molecule has 1 aromatic carbocycles. The first-order valence-electron chi connectivity index (χ1n) is 17.8. The van der Waals surface area contributed by atoms with Crippen LogP contribution in [0.5, 0.6) is 11.5 Å². The van der Waals surface area contributed by atoms with Crippen molar-refractivity contribution < 1.29 is 32.2 Å². The highest BCUT2D eigenvalue weighted by molar-refractivity contribution is 5.94. The fourth-order valence-corrected chi connectivity index (χ4v) is 5.19. The third kappa shape index (κ3) is 12.6. The SMILES string of the molecule is CCCCN(Cc1ncc(OCC)cc1OCC)C(=O)c1cccc(F)n1.CCCCN(Cc1ncncc1CCC)C(=O)c1cc(F)ccc1F. The highest BCUT2D eigenvalue weighted by Gasteiger charge is 2.22. The Balaban J connectivity index is 0.000000281. The average Bonchev–Trinajstić information content (AvgIpc) is 3.14. The van der Waals surface area contributed by atoms with Crippen LogP contribution in [0.25, 0.3) is 0 Å². The lowest BCUT2D eigenvalue weighted by Gasteiger charge is -2.23. The van der Waals surface area contributed by atoms with Gasteiger partial charge in [-0.1, -0.05) is 46.1 Å². The average molecular weight is 723 g/mol. The van der Waals surface area contributed by atoms with Crippen molar-refractivity contribution in [2.75, 3.05) is 26.3 Å². The van der Waals surface area contributed by atoms with Crippen molar-refractivity contribution in [3.05, 3.63) is 107 Å².